The third-order valence-corrected chi connectivity index (χ3v) is 6.65. The molecule has 5 aromatic rings. The predicted molar refractivity (Wildman–Crippen MR) is 142 cm³/mol. The van der Waals surface area contributed by atoms with Gasteiger partial charge in [0, 0.05) is 35.7 Å². The monoisotopic (exact) mass is 542 g/mol. The van der Waals surface area contributed by atoms with Crippen LogP contribution in [0.3, 0.4) is 0 Å². The van der Waals surface area contributed by atoms with E-state index in [9.17, 15) is 45.3 Å². The first-order valence-electron chi connectivity index (χ1n) is 11.9. The molecule has 1 aromatic heterocycles. The molecule has 1 heterocycles. The second-order valence-electron chi connectivity index (χ2n) is 9.22. The van der Waals surface area contributed by atoms with E-state index in [4.69, 9.17) is 4.42 Å². The van der Waals surface area contributed by atoms with Crippen LogP contribution >= 0.6 is 0 Å². The number of carbonyl (C=O) groups is 1. The summed E-state index contributed by atoms with van der Waals surface area (Å²) in [5, 5.41) is 70.7. The summed E-state index contributed by atoms with van der Waals surface area (Å²) in [5.41, 5.74) is -0.977. The molecular weight excluding hydrogens is 520 g/mol. The smallest absolute Gasteiger partial charge is 0.200 e. The fourth-order valence-corrected chi connectivity index (χ4v) is 4.87. The van der Waals surface area contributed by atoms with Gasteiger partial charge in [-0.05, 0) is 35.4 Å². The van der Waals surface area contributed by atoms with Gasteiger partial charge in [-0.3, -0.25) is 9.59 Å². The fourth-order valence-electron chi connectivity index (χ4n) is 4.87. The van der Waals surface area contributed by atoms with E-state index in [-0.39, 0.29) is 33.8 Å². The number of hydrogen-bond donors (Lipinski definition) is 7. The average molecular weight is 542 g/mol. The van der Waals surface area contributed by atoms with E-state index >= 15 is 0 Å². The van der Waals surface area contributed by atoms with Gasteiger partial charge in [-0.15, -0.1) is 0 Å². The minimum Gasteiger partial charge on any atom is -0.508 e. The summed E-state index contributed by atoms with van der Waals surface area (Å²) in [4.78, 5) is 28.1. The summed E-state index contributed by atoms with van der Waals surface area (Å²) in [6.07, 6.45) is 0.994. The lowest BCUT2D eigenvalue weighted by molar-refractivity contribution is 0.0944. The summed E-state index contributed by atoms with van der Waals surface area (Å²) in [6.45, 7) is 0. The number of fused-ring (bicyclic) bond motifs is 1. The van der Waals surface area contributed by atoms with E-state index in [1.54, 1.807) is 0 Å². The first kappa shape index (κ1) is 26.0. The van der Waals surface area contributed by atoms with Gasteiger partial charge < -0.3 is 40.2 Å². The molecule has 0 spiro atoms. The van der Waals surface area contributed by atoms with Crippen LogP contribution in [0.15, 0.2) is 88.3 Å². The second kappa shape index (κ2) is 9.91. The Morgan fingerprint density at radius 3 is 1.62 bits per heavy atom. The number of aromatic hydroxyl groups is 7. The Morgan fingerprint density at radius 2 is 1.10 bits per heavy atom. The van der Waals surface area contributed by atoms with E-state index in [2.05, 4.69) is 0 Å². The lowest BCUT2D eigenvalue weighted by atomic mass is 9.73. The van der Waals surface area contributed by atoms with Crippen molar-refractivity contribution < 1.29 is 45.0 Å². The lowest BCUT2D eigenvalue weighted by Crippen LogP contribution is -2.27. The zero-order valence-corrected chi connectivity index (χ0v) is 20.5. The van der Waals surface area contributed by atoms with Gasteiger partial charge in [-0.2, -0.15) is 0 Å². The highest BCUT2D eigenvalue weighted by Crippen LogP contribution is 2.44. The summed E-state index contributed by atoms with van der Waals surface area (Å²) in [7, 11) is 0. The van der Waals surface area contributed by atoms with Crippen LogP contribution in [0.5, 0.6) is 40.2 Å². The predicted octanol–water partition coefficient (Wildman–Crippen LogP) is 4.53. The normalized spacial score (nSPS) is 12.0. The number of ketones is 1. The van der Waals surface area contributed by atoms with Crippen molar-refractivity contribution in [3.8, 4) is 40.2 Å². The molecule has 0 aliphatic rings. The van der Waals surface area contributed by atoms with Crippen molar-refractivity contribution in [1.29, 1.82) is 0 Å². The lowest BCUT2D eigenvalue weighted by Gasteiger charge is -2.28. The maximum Gasteiger partial charge on any atom is 0.200 e. The minimum absolute atomic E-state index is 0.0696. The van der Waals surface area contributed by atoms with Crippen LogP contribution in [0, 0.1) is 0 Å². The van der Waals surface area contributed by atoms with Crippen LogP contribution in [-0.2, 0) is 0 Å². The summed E-state index contributed by atoms with van der Waals surface area (Å²) in [6, 6.07) is 15.3. The Hall–Kier alpha value is -5.64. The highest BCUT2D eigenvalue weighted by Gasteiger charge is 2.38. The molecular formula is C30H22O10. The first-order chi connectivity index (χ1) is 19.0. The van der Waals surface area contributed by atoms with Crippen molar-refractivity contribution in [1.82, 2.24) is 0 Å². The van der Waals surface area contributed by atoms with Crippen molar-refractivity contribution in [2.75, 3.05) is 0 Å². The number of Topliss-reactive ketones (excluding diaryl/α,β-unsaturated/α-hetero) is 1. The molecule has 0 fully saturated rings. The molecule has 10 nitrogen and oxygen atoms in total. The molecule has 40 heavy (non-hydrogen) atoms. The van der Waals surface area contributed by atoms with Gasteiger partial charge in [0.05, 0.1) is 12.2 Å². The van der Waals surface area contributed by atoms with Crippen LogP contribution in [0.4, 0.5) is 0 Å². The fraction of sp³-hybridized carbons (Fsp3) is 0.0667. The number of phenols is 7. The topological polar surface area (TPSA) is 189 Å². The first-order valence-corrected chi connectivity index (χ1v) is 11.9. The average Bonchev–Trinajstić information content (AvgIpc) is 2.88. The molecule has 1 unspecified atom stereocenters. The molecule has 1 atom stereocenters. The van der Waals surface area contributed by atoms with Gasteiger partial charge in [-0.25, -0.2) is 0 Å². The zero-order valence-electron chi connectivity index (χ0n) is 20.5. The van der Waals surface area contributed by atoms with E-state index in [1.165, 1.54) is 48.5 Å². The summed E-state index contributed by atoms with van der Waals surface area (Å²) in [5.74, 6) is -6.60. The van der Waals surface area contributed by atoms with E-state index in [0.29, 0.717) is 11.1 Å². The van der Waals surface area contributed by atoms with Gasteiger partial charge in [0.25, 0.3) is 0 Å². The Bertz CT molecular complexity index is 1740. The molecule has 7 N–H and O–H groups in total. The highest BCUT2D eigenvalue weighted by atomic mass is 16.3. The summed E-state index contributed by atoms with van der Waals surface area (Å²) < 4.78 is 5.57. The maximum atomic E-state index is 14.3. The van der Waals surface area contributed by atoms with Crippen molar-refractivity contribution >= 4 is 16.8 Å². The standard InChI is InChI=1S/C30H22O10/c31-16-5-1-14(2-6-16)25(15-3-7-17(32)8-4-15)26(30(39)27-21(35)9-18(33)10-22(27)36)20-13-40-24-12-19(34)11-23(37)28(24)29(20)38/h1-13,25-26,31-37H. The molecule has 0 amide bonds. The van der Waals surface area contributed by atoms with Gasteiger partial charge >= 0.3 is 0 Å². The number of hydrogen-bond acceptors (Lipinski definition) is 10. The molecule has 0 radical (unpaired) electrons. The van der Waals surface area contributed by atoms with Crippen LogP contribution in [0.25, 0.3) is 11.0 Å². The number of benzene rings is 4. The Morgan fingerprint density at radius 1 is 0.625 bits per heavy atom. The van der Waals surface area contributed by atoms with Crippen molar-refractivity contribution in [3.05, 3.63) is 112 Å². The van der Waals surface area contributed by atoms with Gasteiger partial charge in [0.1, 0.15) is 56.8 Å². The maximum absolute atomic E-state index is 14.3. The van der Waals surface area contributed by atoms with E-state index < -0.39 is 51.6 Å². The van der Waals surface area contributed by atoms with Gasteiger partial charge in [0.15, 0.2) is 11.2 Å². The SMILES string of the molecule is O=C(c1c(O)cc(O)cc1O)C(c1coc2cc(O)cc(O)c2c1=O)C(c1ccc(O)cc1)c1ccc(O)cc1. The molecule has 0 saturated heterocycles. The number of carbonyl (C=O) groups excluding carboxylic acids is 1. The molecule has 4 aromatic carbocycles. The quantitative estimate of drug-likeness (QED) is 0.150. The zero-order chi connectivity index (χ0) is 28.7. The van der Waals surface area contributed by atoms with Gasteiger partial charge in [-0.1, -0.05) is 24.3 Å². The summed E-state index contributed by atoms with van der Waals surface area (Å²) >= 11 is 0. The Labute approximate surface area is 225 Å². The highest BCUT2D eigenvalue weighted by molar-refractivity contribution is 6.06. The minimum atomic E-state index is -1.52. The molecule has 10 heteroatoms. The molecule has 0 bridgehead atoms. The van der Waals surface area contributed by atoms with Crippen LogP contribution in [0.2, 0.25) is 0 Å². The number of rotatable bonds is 6. The molecule has 5 rings (SSSR count). The molecule has 0 aliphatic carbocycles. The number of phenolic OH excluding ortho intramolecular Hbond substituents is 7. The molecule has 0 saturated carbocycles. The molecule has 202 valence electrons. The van der Waals surface area contributed by atoms with Crippen molar-refractivity contribution in [2.24, 2.45) is 0 Å². The van der Waals surface area contributed by atoms with Crippen molar-refractivity contribution in [2.45, 2.75) is 11.8 Å². The van der Waals surface area contributed by atoms with E-state index in [1.807, 2.05) is 0 Å². The van der Waals surface area contributed by atoms with Crippen LogP contribution in [0.1, 0.15) is 38.9 Å². The third kappa shape index (κ3) is 4.58. The Kier molecular flexibility index (Phi) is 6.44. The third-order valence-electron chi connectivity index (χ3n) is 6.65. The largest absolute Gasteiger partial charge is 0.508 e. The van der Waals surface area contributed by atoms with Crippen molar-refractivity contribution in [3.63, 3.8) is 0 Å². The molecule has 0 aliphatic heterocycles. The van der Waals surface area contributed by atoms with E-state index in [0.717, 1.165) is 30.5 Å². The second-order valence-corrected chi connectivity index (χ2v) is 9.22. The van der Waals surface area contributed by atoms with Crippen LogP contribution in [-0.4, -0.2) is 41.5 Å². The Balaban J connectivity index is 1.85. The van der Waals surface area contributed by atoms with Crippen LogP contribution < -0.4 is 5.43 Å². The van der Waals surface area contributed by atoms with Gasteiger partial charge in [0.2, 0.25) is 0 Å².